The molecule has 0 aliphatic carbocycles. The van der Waals surface area contributed by atoms with Crippen molar-refractivity contribution in [3.8, 4) is 0 Å². The van der Waals surface area contributed by atoms with E-state index in [0.29, 0.717) is 32.6 Å². The fraction of sp³-hybridized carbons (Fsp3) is 0.320. The van der Waals surface area contributed by atoms with Gasteiger partial charge in [-0.1, -0.05) is 36.4 Å². The SMILES string of the molecule is O=C(C(c1ccccc1)N1CCS(=O)(=O)CC1)N1CC=C(c2c[nH]c3cc(F)ccc23)CC1. The molecule has 1 N–H and O–H groups in total. The molecule has 1 unspecified atom stereocenters. The Kier molecular flexibility index (Phi) is 5.80. The number of amides is 1. The molecule has 1 saturated heterocycles. The number of carbonyl (C=O) groups is 1. The first-order valence-corrected chi connectivity index (χ1v) is 13.0. The van der Waals surface area contributed by atoms with Crippen LogP contribution in [0.15, 0.2) is 60.8 Å². The van der Waals surface area contributed by atoms with Crippen LogP contribution in [0.4, 0.5) is 4.39 Å². The van der Waals surface area contributed by atoms with E-state index >= 15 is 0 Å². The van der Waals surface area contributed by atoms with Gasteiger partial charge in [-0.25, -0.2) is 12.8 Å². The van der Waals surface area contributed by atoms with Crippen LogP contribution in [0.2, 0.25) is 0 Å². The van der Waals surface area contributed by atoms with E-state index < -0.39 is 15.9 Å². The van der Waals surface area contributed by atoms with Gasteiger partial charge in [0.2, 0.25) is 5.91 Å². The molecule has 1 amide bonds. The lowest BCUT2D eigenvalue weighted by atomic mass is 9.97. The average Bonchev–Trinajstić information content (AvgIpc) is 3.24. The van der Waals surface area contributed by atoms with Crippen molar-refractivity contribution >= 4 is 32.2 Å². The van der Waals surface area contributed by atoms with Crippen LogP contribution in [0.5, 0.6) is 0 Å². The smallest absolute Gasteiger partial charge is 0.244 e. The summed E-state index contributed by atoms with van der Waals surface area (Å²) >= 11 is 0. The number of sulfone groups is 1. The molecule has 2 aliphatic heterocycles. The number of aromatic amines is 1. The Hall–Kier alpha value is -2.97. The van der Waals surface area contributed by atoms with Crippen molar-refractivity contribution < 1.29 is 17.6 Å². The van der Waals surface area contributed by atoms with E-state index in [2.05, 4.69) is 11.1 Å². The maximum atomic E-state index is 13.7. The third-order valence-corrected chi connectivity index (χ3v) is 8.21. The number of nitrogens with zero attached hydrogens (tertiary/aromatic N) is 2. The van der Waals surface area contributed by atoms with Crippen LogP contribution in [0.3, 0.4) is 0 Å². The van der Waals surface area contributed by atoms with Gasteiger partial charge in [0.05, 0.1) is 11.5 Å². The minimum Gasteiger partial charge on any atom is -0.360 e. The highest BCUT2D eigenvalue weighted by Crippen LogP contribution is 2.31. The largest absolute Gasteiger partial charge is 0.360 e. The zero-order valence-electron chi connectivity index (χ0n) is 18.2. The number of halogens is 1. The van der Waals surface area contributed by atoms with Gasteiger partial charge < -0.3 is 9.88 Å². The fourth-order valence-corrected chi connectivity index (χ4v) is 6.01. The molecule has 2 aliphatic rings. The van der Waals surface area contributed by atoms with Crippen LogP contribution in [0.1, 0.15) is 23.6 Å². The first kappa shape index (κ1) is 21.9. The zero-order valence-corrected chi connectivity index (χ0v) is 19.0. The van der Waals surface area contributed by atoms with Gasteiger partial charge >= 0.3 is 0 Å². The van der Waals surface area contributed by atoms with Crippen LogP contribution in [-0.2, 0) is 14.6 Å². The summed E-state index contributed by atoms with van der Waals surface area (Å²) in [4.78, 5) is 20.6. The first-order valence-electron chi connectivity index (χ1n) is 11.2. The van der Waals surface area contributed by atoms with E-state index in [1.807, 2.05) is 46.3 Å². The Morgan fingerprint density at radius 1 is 1.03 bits per heavy atom. The highest BCUT2D eigenvalue weighted by Gasteiger charge is 2.35. The van der Waals surface area contributed by atoms with Crippen molar-refractivity contribution in [3.05, 3.63) is 77.7 Å². The summed E-state index contributed by atoms with van der Waals surface area (Å²) in [6.07, 6.45) is 4.66. The lowest BCUT2D eigenvalue weighted by Gasteiger charge is -2.37. The Balaban J connectivity index is 1.37. The molecule has 5 rings (SSSR count). The summed E-state index contributed by atoms with van der Waals surface area (Å²) in [6, 6.07) is 13.8. The number of nitrogens with one attached hydrogen (secondary N) is 1. The Labute approximate surface area is 192 Å². The second-order valence-corrected chi connectivity index (χ2v) is 11.0. The third kappa shape index (κ3) is 4.45. The monoisotopic (exact) mass is 467 g/mol. The Morgan fingerprint density at radius 3 is 2.48 bits per heavy atom. The quantitative estimate of drug-likeness (QED) is 0.638. The molecule has 3 heterocycles. The summed E-state index contributed by atoms with van der Waals surface area (Å²) in [7, 11) is -3.04. The van der Waals surface area contributed by atoms with Crippen LogP contribution < -0.4 is 0 Å². The minimum absolute atomic E-state index is 0.00297. The zero-order chi connectivity index (χ0) is 23.0. The standard InChI is InChI=1S/C25H26FN3O3S/c26-20-6-7-21-22(17-27-23(21)16-20)18-8-10-29(11-9-18)25(30)24(19-4-2-1-3-5-19)28-12-14-33(31,32)15-13-28/h1-8,16-17,24,27H,9-15H2. The van der Waals surface area contributed by atoms with E-state index in [0.717, 1.165) is 27.6 Å². The normalized spacial score (nSPS) is 19.9. The molecule has 1 atom stereocenters. The summed E-state index contributed by atoms with van der Waals surface area (Å²) in [6.45, 7) is 1.77. The Bertz CT molecular complexity index is 1300. The number of hydrogen-bond acceptors (Lipinski definition) is 4. The van der Waals surface area contributed by atoms with Crippen molar-refractivity contribution in [3.63, 3.8) is 0 Å². The summed E-state index contributed by atoms with van der Waals surface area (Å²) < 4.78 is 37.4. The molecule has 0 radical (unpaired) electrons. The highest BCUT2D eigenvalue weighted by atomic mass is 32.2. The summed E-state index contributed by atoms with van der Waals surface area (Å²) in [5.41, 5.74) is 3.82. The molecule has 172 valence electrons. The Morgan fingerprint density at radius 2 is 1.79 bits per heavy atom. The van der Waals surface area contributed by atoms with Gasteiger partial charge in [0.15, 0.2) is 9.84 Å². The van der Waals surface area contributed by atoms with Gasteiger partial charge in [0, 0.05) is 48.8 Å². The molecule has 6 nitrogen and oxygen atoms in total. The maximum absolute atomic E-state index is 13.7. The summed E-state index contributed by atoms with van der Waals surface area (Å²) in [5.74, 6) is -0.122. The number of carbonyl (C=O) groups excluding carboxylic acids is 1. The number of H-pyrrole nitrogens is 1. The number of fused-ring (bicyclic) bond motifs is 1. The lowest BCUT2D eigenvalue weighted by Crippen LogP contribution is -2.49. The van der Waals surface area contributed by atoms with Gasteiger partial charge in [0.25, 0.3) is 0 Å². The van der Waals surface area contributed by atoms with E-state index in [1.165, 1.54) is 12.1 Å². The first-order chi connectivity index (χ1) is 15.9. The van der Waals surface area contributed by atoms with E-state index in [1.54, 1.807) is 6.07 Å². The second kappa shape index (κ2) is 8.76. The van der Waals surface area contributed by atoms with Crippen LogP contribution in [0.25, 0.3) is 16.5 Å². The summed E-state index contributed by atoms with van der Waals surface area (Å²) in [5, 5.41) is 0.971. The van der Waals surface area contributed by atoms with Gasteiger partial charge in [-0.15, -0.1) is 0 Å². The molecule has 0 bridgehead atoms. The van der Waals surface area contributed by atoms with Gasteiger partial charge in [-0.3, -0.25) is 9.69 Å². The van der Waals surface area contributed by atoms with Crippen LogP contribution in [0, 0.1) is 5.82 Å². The third-order valence-electron chi connectivity index (χ3n) is 6.60. The number of benzene rings is 2. The van der Waals surface area contributed by atoms with Crippen molar-refractivity contribution in [2.45, 2.75) is 12.5 Å². The van der Waals surface area contributed by atoms with Gasteiger partial charge in [-0.05, 0) is 35.8 Å². The second-order valence-electron chi connectivity index (χ2n) is 8.66. The van der Waals surface area contributed by atoms with E-state index in [-0.39, 0.29) is 23.2 Å². The molecule has 0 spiro atoms. The molecule has 33 heavy (non-hydrogen) atoms. The molecule has 1 fully saturated rings. The maximum Gasteiger partial charge on any atom is 0.244 e. The number of rotatable bonds is 4. The van der Waals surface area contributed by atoms with E-state index in [9.17, 15) is 17.6 Å². The topological polar surface area (TPSA) is 73.5 Å². The van der Waals surface area contributed by atoms with Crippen molar-refractivity contribution in [2.24, 2.45) is 0 Å². The fourth-order valence-electron chi connectivity index (χ4n) is 4.78. The highest BCUT2D eigenvalue weighted by molar-refractivity contribution is 7.91. The molecule has 1 aromatic heterocycles. The average molecular weight is 468 g/mol. The molecule has 3 aromatic rings. The number of hydrogen-bond donors (Lipinski definition) is 1. The molecule has 2 aromatic carbocycles. The molecule has 0 saturated carbocycles. The number of aromatic nitrogens is 1. The van der Waals surface area contributed by atoms with Crippen molar-refractivity contribution in [2.75, 3.05) is 37.7 Å². The lowest BCUT2D eigenvalue weighted by molar-refractivity contribution is -0.136. The molecule has 8 heteroatoms. The van der Waals surface area contributed by atoms with Crippen molar-refractivity contribution in [1.82, 2.24) is 14.8 Å². The van der Waals surface area contributed by atoms with Crippen molar-refractivity contribution in [1.29, 1.82) is 0 Å². The van der Waals surface area contributed by atoms with Gasteiger partial charge in [-0.2, -0.15) is 0 Å². The van der Waals surface area contributed by atoms with Gasteiger partial charge in [0.1, 0.15) is 11.9 Å². The van der Waals surface area contributed by atoms with Crippen LogP contribution in [-0.4, -0.2) is 66.8 Å². The minimum atomic E-state index is -3.04. The molecular weight excluding hydrogens is 441 g/mol. The predicted molar refractivity (Wildman–Crippen MR) is 127 cm³/mol. The van der Waals surface area contributed by atoms with Crippen LogP contribution >= 0.6 is 0 Å². The predicted octanol–water partition coefficient (Wildman–Crippen LogP) is 3.39. The molecular formula is C25H26FN3O3S. The van der Waals surface area contributed by atoms with E-state index in [4.69, 9.17) is 0 Å².